The topological polar surface area (TPSA) is 42.2 Å². The van der Waals surface area contributed by atoms with Crippen LogP contribution in [0.1, 0.15) is 44.3 Å². The van der Waals surface area contributed by atoms with Crippen molar-refractivity contribution >= 4 is 11.3 Å². The maximum absolute atomic E-state index is 6.25. The first kappa shape index (κ1) is 15.9. The minimum absolute atomic E-state index is 0.323. The van der Waals surface area contributed by atoms with E-state index in [1.165, 1.54) is 18.5 Å². The van der Waals surface area contributed by atoms with Crippen LogP contribution in [0.3, 0.4) is 0 Å². The van der Waals surface area contributed by atoms with Gasteiger partial charge in [-0.3, -0.25) is 0 Å². The van der Waals surface area contributed by atoms with Gasteiger partial charge in [0.2, 0.25) is 0 Å². The minimum Gasteiger partial charge on any atom is -0.327 e. The summed E-state index contributed by atoms with van der Waals surface area (Å²) in [6.45, 7) is 11.3. The highest BCUT2D eigenvalue weighted by atomic mass is 32.1. The van der Waals surface area contributed by atoms with Crippen LogP contribution in [0.5, 0.6) is 0 Å². The summed E-state index contributed by atoms with van der Waals surface area (Å²) in [5.74, 6) is 1.32. The van der Waals surface area contributed by atoms with Crippen LogP contribution in [0.4, 0.5) is 0 Å². The van der Waals surface area contributed by atoms with E-state index in [4.69, 9.17) is 5.73 Å². The smallest absolute Gasteiger partial charge is 0.0897 e. The molecule has 1 aliphatic rings. The highest BCUT2D eigenvalue weighted by Crippen LogP contribution is 2.44. The number of hydrogen-bond acceptors (Lipinski definition) is 4. The third kappa shape index (κ3) is 3.41. The predicted molar refractivity (Wildman–Crippen MR) is 86.8 cm³/mol. The molecule has 0 spiro atoms. The molecular weight excluding hydrogens is 266 g/mol. The Hall–Kier alpha value is -0.450. The fraction of sp³-hybridized carbons (Fsp3) is 0.812. The van der Waals surface area contributed by atoms with E-state index in [2.05, 4.69) is 50.0 Å². The number of thiazole rings is 1. The molecule has 0 aromatic carbocycles. The van der Waals surface area contributed by atoms with Crippen LogP contribution in [0.25, 0.3) is 0 Å². The lowest BCUT2D eigenvalue weighted by Crippen LogP contribution is -2.49. The second kappa shape index (κ2) is 6.12. The molecule has 0 aliphatic heterocycles. The minimum atomic E-state index is 0.323. The van der Waals surface area contributed by atoms with Crippen molar-refractivity contribution in [2.45, 2.75) is 53.1 Å². The molecule has 0 amide bonds. The lowest BCUT2D eigenvalue weighted by molar-refractivity contribution is 0.0322. The average molecular weight is 295 g/mol. The summed E-state index contributed by atoms with van der Waals surface area (Å²) in [5.41, 5.74) is 7.78. The van der Waals surface area contributed by atoms with Crippen molar-refractivity contribution in [1.29, 1.82) is 0 Å². The molecule has 2 rings (SSSR count). The van der Waals surface area contributed by atoms with Crippen LogP contribution in [0.2, 0.25) is 0 Å². The SMILES string of the molecule is Cc1nc(CN(C)CC2CCC(N)C(C)C2(C)C)cs1. The Morgan fingerprint density at radius 2 is 2.15 bits per heavy atom. The van der Waals surface area contributed by atoms with E-state index in [1.807, 2.05) is 0 Å². The van der Waals surface area contributed by atoms with Crippen LogP contribution in [0, 0.1) is 24.2 Å². The Bertz CT molecular complexity index is 441. The Kier molecular flexibility index (Phi) is 4.88. The summed E-state index contributed by atoms with van der Waals surface area (Å²) in [5, 5.41) is 3.34. The number of hydrogen-bond donors (Lipinski definition) is 1. The third-order valence-electron chi connectivity index (χ3n) is 5.35. The number of aryl methyl sites for hydroxylation is 1. The molecule has 3 unspecified atom stereocenters. The molecule has 0 radical (unpaired) electrons. The maximum Gasteiger partial charge on any atom is 0.0897 e. The zero-order valence-corrected chi connectivity index (χ0v) is 14.3. The van der Waals surface area contributed by atoms with Gasteiger partial charge in [-0.2, -0.15) is 0 Å². The Balaban J connectivity index is 1.95. The summed E-state index contributed by atoms with van der Waals surface area (Å²) in [6, 6.07) is 0.368. The maximum atomic E-state index is 6.25. The number of nitrogens with two attached hydrogens (primary N) is 1. The summed E-state index contributed by atoms with van der Waals surface area (Å²) in [7, 11) is 2.21. The van der Waals surface area contributed by atoms with Crippen molar-refractivity contribution in [1.82, 2.24) is 9.88 Å². The molecule has 1 fully saturated rings. The summed E-state index contributed by atoms with van der Waals surface area (Å²) in [6.07, 6.45) is 2.41. The van der Waals surface area contributed by atoms with Crippen molar-refractivity contribution in [2.75, 3.05) is 13.6 Å². The van der Waals surface area contributed by atoms with Gasteiger partial charge in [-0.1, -0.05) is 20.8 Å². The van der Waals surface area contributed by atoms with Crippen LogP contribution in [-0.2, 0) is 6.54 Å². The zero-order chi connectivity index (χ0) is 14.9. The van der Waals surface area contributed by atoms with Gasteiger partial charge in [0, 0.05) is 24.5 Å². The van der Waals surface area contributed by atoms with Crippen molar-refractivity contribution in [3.8, 4) is 0 Å². The standard InChI is InChI=1S/C16H29N3S/c1-11-15(17)7-6-13(16(11,3)4)8-19(5)9-14-10-20-12(2)18-14/h10-11,13,15H,6-9,17H2,1-5H3. The molecule has 1 aliphatic carbocycles. The van der Waals surface area contributed by atoms with Gasteiger partial charge in [-0.15, -0.1) is 11.3 Å². The molecule has 1 aromatic rings. The Morgan fingerprint density at radius 3 is 2.75 bits per heavy atom. The zero-order valence-electron chi connectivity index (χ0n) is 13.5. The Labute approximate surface area is 127 Å². The van der Waals surface area contributed by atoms with E-state index in [0.717, 1.165) is 24.0 Å². The van der Waals surface area contributed by atoms with Gasteiger partial charge in [0.05, 0.1) is 10.7 Å². The van der Waals surface area contributed by atoms with Gasteiger partial charge in [0.1, 0.15) is 0 Å². The first-order chi connectivity index (χ1) is 9.30. The first-order valence-electron chi connectivity index (χ1n) is 7.66. The molecule has 0 saturated heterocycles. The molecule has 3 nitrogen and oxygen atoms in total. The highest BCUT2D eigenvalue weighted by Gasteiger charge is 2.41. The number of rotatable bonds is 4. The fourth-order valence-electron chi connectivity index (χ4n) is 3.46. The van der Waals surface area contributed by atoms with Gasteiger partial charge < -0.3 is 10.6 Å². The van der Waals surface area contributed by atoms with Crippen LogP contribution in [-0.4, -0.2) is 29.5 Å². The van der Waals surface area contributed by atoms with Crippen molar-refractivity contribution in [2.24, 2.45) is 23.0 Å². The summed E-state index contributed by atoms with van der Waals surface area (Å²) in [4.78, 5) is 6.99. The van der Waals surface area contributed by atoms with E-state index in [-0.39, 0.29) is 0 Å². The number of nitrogens with zero attached hydrogens (tertiary/aromatic N) is 2. The van der Waals surface area contributed by atoms with E-state index >= 15 is 0 Å². The lowest BCUT2D eigenvalue weighted by atomic mass is 9.61. The molecule has 4 heteroatoms. The van der Waals surface area contributed by atoms with Gasteiger partial charge in [-0.05, 0) is 44.1 Å². The normalized spacial score (nSPS) is 29.9. The summed E-state index contributed by atoms with van der Waals surface area (Å²) >= 11 is 1.74. The van der Waals surface area contributed by atoms with E-state index < -0.39 is 0 Å². The molecule has 3 atom stereocenters. The van der Waals surface area contributed by atoms with Crippen molar-refractivity contribution in [3.05, 3.63) is 16.1 Å². The molecule has 2 N–H and O–H groups in total. The molecule has 20 heavy (non-hydrogen) atoms. The van der Waals surface area contributed by atoms with Crippen LogP contribution >= 0.6 is 11.3 Å². The van der Waals surface area contributed by atoms with Gasteiger partial charge in [0.15, 0.2) is 0 Å². The van der Waals surface area contributed by atoms with E-state index in [0.29, 0.717) is 17.4 Å². The second-order valence-electron chi connectivity index (χ2n) is 7.10. The first-order valence-corrected chi connectivity index (χ1v) is 8.53. The van der Waals surface area contributed by atoms with Gasteiger partial charge >= 0.3 is 0 Å². The van der Waals surface area contributed by atoms with E-state index in [9.17, 15) is 0 Å². The fourth-order valence-corrected chi connectivity index (χ4v) is 4.07. The molecule has 1 saturated carbocycles. The average Bonchev–Trinajstić information content (AvgIpc) is 2.76. The number of aromatic nitrogens is 1. The molecule has 0 bridgehead atoms. The van der Waals surface area contributed by atoms with Gasteiger partial charge in [0.25, 0.3) is 0 Å². The molecular formula is C16H29N3S. The van der Waals surface area contributed by atoms with Crippen molar-refractivity contribution in [3.63, 3.8) is 0 Å². The van der Waals surface area contributed by atoms with E-state index in [1.54, 1.807) is 11.3 Å². The molecule has 1 heterocycles. The van der Waals surface area contributed by atoms with Crippen molar-refractivity contribution < 1.29 is 0 Å². The third-order valence-corrected chi connectivity index (χ3v) is 6.17. The quantitative estimate of drug-likeness (QED) is 0.927. The van der Waals surface area contributed by atoms with Crippen LogP contribution < -0.4 is 5.73 Å². The van der Waals surface area contributed by atoms with Gasteiger partial charge in [-0.25, -0.2) is 4.98 Å². The predicted octanol–water partition coefficient (Wildman–Crippen LogP) is 3.28. The Morgan fingerprint density at radius 1 is 1.45 bits per heavy atom. The molecule has 1 aromatic heterocycles. The van der Waals surface area contributed by atoms with Crippen LogP contribution in [0.15, 0.2) is 5.38 Å². The molecule has 114 valence electrons. The largest absolute Gasteiger partial charge is 0.327 e. The second-order valence-corrected chi connectivity index (χ2v) is 8.17. The lowest BCUT2D eigenvalue weighted by Gasteiger charge is -2.48. The monoisotopic (exact) mass is 295 g/mol. The summed E-state index contributed by atoms with van der Waals surface area (Å²) < 4.78 is 0. The highest BCUT2D eigenvalue weighted by molar-refractivity contribution is 7.09.